The van der Waals surface area contributed by atoms with E-state index in [0.29, 0.717) is 36.7 Å². The smallest absolute Gasteiger partial charge is 0.271 e. The number of aromatic nitrogens is 3. The van der Waals surface area contributed by atoms with Gasteiger partial charge in [0.25, 0.3) is 5.91 Å². The van der Waals surface area contributed by atoms with Gasteiger partial charge in [-0.05, 0) is 26.0 Å². The predicted molar refractivity (Wildman–Crippen MR) is 77.3 cm³/mol. The Morgan fingerprint density at radius 1 is 1.52 bits per heavy atom. The first-order valence-corrected chi connectivity index (χ1v) is 7.14. The van der Waals surface area contributed by atoms with E-state index in [1.165, 1.54) is 10.7 Å². The molecule has 0 aliphatic carbocycles. The Bertz CT molecular complexity index is 670. The number of fused-ring (bicyclic) bond motifs is 1. The lowest BCUT2D eigenvalue weighted by Gasteiger charge is -2.21. The average molecular weight is 291 g/mol. The molecule has 6 nitrogen and oxygen atoms in total. The number of rotatable bonds is 3. The van der Waals surface area contributed by atoms with Crippen LogP contribution in [0.15, 0.2) is 18.3 Å². The summed E-state index contributed by atoms with van der Waals surface area (Å²) in [5.41, 5.74) is 0.987. The molecule has 3 heterocycles. The molecule has 1 fully saturated rings. The van der Waals surface area contributed by atoms with E-state index in [1.54, 1.807) is 6.07 Å². The van der Waals surface area contributed by atoms with Gasteiger partial charge in [0, 0.05) is 19.0 Å². The van der Waals surface area contributed by atoms with Gasteiger partial charge in [-0.15, -0.1) is 5.10 Å². The van der Waals surface area contributed by atoms with Crippen molar-refractivity contribution in [3.05, 3.63) is 24.0 Å². The second kappa shape index (κ2) is 5.31. The van der Waals surface area contributed by atoms with Gasteiger partial charge in [0.1, 0.15) is 12.0 Å². The maximum atomic E-state index is 13.5. The Morgan fingerprint density at radius 2 is 2.33 bits per heavy atom. The van der Waals surface area contributed by atoms with Gasteiger partial charge in [-0.25, -0.2) is 13.9 Å². The lowest BCUT2D eigenvalue weighted by atomic mass is 10.2. The van der Waals surface area contributed by atoms with Crippen molar-refractivity contribution in [2.75, 3.05) is 18.0 Å². The van der Waals surface area contributed by atoms with Gasteiger partial charge in [0.05, 0.1) is 12.7 Å². The first-order valence-electron chi connectivity index (χ1n) is 7.14. The number of anilines is 1. The number of hydrogen-bond donors (Lipinski definition) is 1. The van der Waals surface area contributed by atoms with E-state index in [9.17, 15) is 9.18 Å². The van der Waals surface area contributed by atoms with Crippen LogP contribution in [0.1, 0.15) is 30.8 Å². The van der Waals surface area contributed by atoms with Crippen LogP contribution in [-0.2, 0) is 0 Å². The largest absolute Gasteiger partial charge is 0.351 e. The molecular formula is C14H18FN5O. The SMILES string of the molecule is CCNC(=O)c1cnc2ccc(N3C[C@@H](F)C[C@@H]3C)nn12. The molecule has 7 heteroatoms. The van der Waals surface area contributed by atoms with Crippen molar-refractivity contribution in [1.29, 1.82) is 0 Å². The number of amides is 1. The van der Waals surface area contributed by atoms with Crippen molar-refractivity contribution in [2.45, 2.75) is 32.5 Å². The fourth-order valence-electron chi connectivity index (χ4n) is 2.71. The molecule has 0 bridgehead atoms. The molecule has 0 aromatic carbocycles. The number of carbonyl (C=O) groups excluding carboxylic acids is 1. The molecule has 0 radical (unpaired) electrons. The minimum atomic E-state index is -0.830. The van der Waals surface area contributed by atoms with E-state index in [2.05, 4.69) is 15.4 Å². The minimum absolute atomic E-state index is 0.0985. The summed E-state index contributed by atoms with van der Waals surface area (Å²) in [5.74, 6) is 0.450. The first kappa shape index (κ1) is 13.8. The fourth-order valence-corrected chi connectivity index (χ4v) is 2.71. The Morgan fingerprint density at radius 3 is 3.00 bits per heavy atom. The van der Waals surface area contributed by atoms with Gasteiger partial charge >= 0.3 is 0 Å². The predicted octanol–water partition coefficient (Wildman–Crippen LogP) is 1.42. The maximum Gasteiger partial charge on any atom is 0.271 e. The molecule has 1 aliphatic rings. The zero-order valence-electron chi connectivity index (χ0n) is 12.1. The number of alkyl halides is 1. The third kappa shape index (κ3) is 2.43. The fraction of sp³-hybridized carbons (Fsp3) is 0.500. The summed E-state index contributed by atoms with van der Waals surface area (Å²) in [6, 6.07) is 3.71. The zero-order chi connectivity index (χ0) is 15.0. The van der Waals surface area contributed by atoms with Gasteiger partial charge < -0.3 is 10.2 Å². The number of hydrogen-bond acceptors (Lipinski definition) is 4. The molecule has 3 rings (SSSR count). The number of imidazole rings is 1. The van der Waals surface area contributed by atoms with Crippen molar-refractivity contribution < 1.29 is 9.18 Å². The molecule has 1 aliphatic heterocycles. The highest BCUT2D eigenvalue weighted by Crippen LogP contribution is 2.25. The Hall–Kier alpha value is -2.18. The molecule has 0 unspecified atom stereocenters. The topological polar surface area (TPSA) is 62.5 Å². The van der Waals surface area contributed by atoms with Crippen LogP contribution in [-0.4, -0.2) is 45.8 Å². The van der Waals surface area contributed by atoms with Crippen molar-refractivity contribution in [2.24, 2.45) is 0 Å². The molecule has 112 valence electrons. The molecule has 1 saturated heterocycles. The maximum absolute atomic E-state index is 13.5. The number of nitrogens with one attached hydrogen (secondary N) is 1. The van der Waals surface area contributed by atoms with E-state index < -0.39 is 6.17 Å². The Labute approximate surface area is 122 Å². The highest BCUT2D eigenvalue weighted by atomic mass is 19.1. The van der Waals surface area contributed by atoms with Crippen LogP contribution in [0.2, 0.25) is 0 Å². The summed E-state index contributed by atoms with van der Waals surface area (Å²) in [4.78, 5) is 18.1. The van der Waals surface area contributed by atoms with Gasteiger partial charge in [0.2, 0.25) is 0 Å². The van der Waals surface area contributed by atoms with Crippen LogP contribution in [0.25, 0.3) is 5.65 Å². The first-order chi connectivity index (χ1) is 10.1. The van der Waals surface area contributed by atoms with Crippen LogP contribution in [0.3, 0.4) is 0 Å². The second-order valence-electron chi connectivity index (χ2n) is 5.30. The third-order valence-corrected chi connectivity index (χ3v) is 3.74. The summed E-state index contributed by atoms with van der Waals surface area (Å²) in [7, 11) is 0. The van der Waals surface area contributed by atoms with E-state index in [1.807, 2.05) is 24.8 Å². The monoisotopic (exact) mass is 291 g/mol. The Kier molecular flexibility index (Phi) is 3.48. The lowest BCUT2D eigenvalue weighted by molar-refractivity contribution is 0.0949. The molecular weight excluding hydrogens is 273 g/mol. The summed E-state index contributed by atoms with van der Waals surface area (Å²) in [6.07, 6.45) is 1.18. The summed E-state index contributed by atoms with van der Waals surface area (Å²) >= 11 is 0. The van der Waals surface area contributed by atoms with Crippen molar-refractivity contribution in [3.8, 4) is 0 Å². The van der Waals surface area contributed by atoms with E-state index in [0.717, 1.165) is 0 Å². The van der Waals surface area contributed by atoms with Crippen molar-refractivity contribution in [3.63, 3.8) is 0 Å². The van der Waals surface area contributed by atoms with E-state index in [-0.39, 0.29) is 11.9 Å². The van der Waals surface area contributed by atoms with Crippen LogP contribution in [0, 0.1) is 0 Å². The highest BCUT2D eigenvalue weighted by Gasteiger charge is 2.30. The summed E-state index contributed by atoms with van der Waals surface area (Å²) in [5, 5.41) is 7.19. The van der Waals surface area contributed by atoms with Crippen molar-refractivity contribution >= 4 is 17.4 Å². The lowest BCUT2D eigenvalue weighted by Crippen LogP contribution is -2.29. The molecule has 2 atom stereocenters. The number of carbonyl (C=O) groups is 1. The van der Waals surface area contributed by atoms with Crippen molar-refractivity contribution in [1.82, 2.24) is 19.9 Å². The van der Waals surface area contributed by atoms with Gasteiger partial charge in [-0.1, -0.05) is 0 Å². The number of nitrogens with zero attached hydrogens (tertiary/aromatic N) is 4. The minimum Gasteiger partial charge on any atom is -0.351 e. The molecule has 1 N–H and O–H groups in total. The Balaban J connectivity index is 1.99. The van der Waals surface area contributed by atoms with Gasteiger partial charge in [-0.3, -0.25) is 4.79 Å². The highest BCUT2D eigenvalue weighted by molar-refractivity contribution is 5.93. The molecule has 21 heavy (non-hydrogen) atoms. The molecule has 0 spiro atoms. The van der Waals surface area contributed by atoms with Crippen LogP contribution in [0.4, 0.5) is 10.2 Å². The summed E-state index contributed by atoms with van der Waals surface area (Å²) < 4.78 is 15.0. The van der Waals surface area contributed by atoms with Gasteiger partial charge in [-0.2, -0.15) is 0 Å². The normalized spacial score (nSPS) is 22.0. The average Bonchev–Trinajstić information content (AvgIpc) is 3.01. The molecule has 2 aromatic heterocycles. The van der Waals surface area contributed by atoms with Crippen LogP contribution >= 0.6 is 0 Å². The van der Waals surface area contributed by atoms with E-state index >= 15 is 0 Å². The molecule has 1 amide bonds. The molecule has 2 aromatic rings. The van der Waals surface area contributed by atoms with Crippen LogP contribution < -0.4 is 10.2 Å². The quantitative estimate of drug-likeness (QED) is 0.929. The zero-order valence-corrected chi connectivity index (χ0v) is 12.1. The van der Waals surface area contributed by atoms with Gasteiger partial charge in [0.15, 0.2) is 11.3 Å². The second-order valence-corrected chi connectivity index (χ2v) is 5.30. The van der Waals surface area contributed by atoms with E-state index in [4.69, 9.17) is 0 Å². The van der Waals surface area contributed by atoms with Crippen LogP contribution in [0.5, 0.6) is 0 Å². The summed E-state index contributed by atoms with van der Waals surface area (Å²) in [6.45, 7) is 4.71. The third-order valence-electron chi connectivity index (χ3n) is 3.74. The standard InChI is InChI=1S/C14H18FN5O/c1-3-16-14(21)11-7-17-12-4-5-13(18-20(11)12)19-8-10(15)6-9(19)2/h4-5,7,9-10H,3,6,8H2,1-2H3,(H,16,21)/t9-,10-/m0/s1. The number of halogens is 1. The molecule has 0 saturated carbocycles.